The van der Waals surface area contributed by atoms with Crippen LogP contribution in [0.15, 0.2) is 29.8 Å². The molecule has 0 aliphatic carbocycles. The number of nitrogens with one attached hydrogen (secondary N) is 1. The molecule has 0 atom stereocenters. The number of hydrogen-bond acceptors (Lipinski definition) is 6. The van der Waals surface area contributed by atoms with Crippen molar-refractivity contribution >= 4 is 27.8 Å². The molecule has 0 spiro atoms. The third-order valence-electron chi connectivity index (χ3n) is 2.51. The van der Waals surface area contributed by atoms with Crippen molar-refractivity contribution in [2.45, 2.75) is 6.54 Å². The Hall–Kier alpha value is -2.15. The summed E-state index contributed by atoms with van der Waals surface area (Å²) in [5, 5.41) is 15.8. The minimum atomic E-state index is -0.372. The van der Waals surface area contributed by atoms with Crippen LogP contribution in [0, 0.1) is 10.1 Å². The second-order valence-electron chi connectivity index (χ2n) is 4.17. The van der Waals surface area contributed by atoms with Crippen molar-refractivity contribution in [3.63, 3.8) is 0 Å². The lowest BCUT2D eigenvalue weighted by Gasteiger charge is -2.16. The van der Waals surface area contributed by atoms with Gasteiger partial charge in [-0.15, -0.1) is 0 Å². The molecule has 2 aromatic rings. The Morgan fingerprint density at radius 1 is 1.53 bits per heavy atom. The molecule has 100 valence electrons. The van der Waals surface area contributed by atoms with Gasteiger partial charge in [-0.1, -0.05) is 11.3 Å². The molecule has 0 aromatic carbocycles. The van der Waals surface area contributed by atoms with Gasteiger partial charge in [0.25, 0.3) is 0 Å². The lowest BCUT2D eigenvalue weighted by atomic mass is 10.3. The van der Waals surface area contributed by atoms with Crippen molar-refractivity contribution in [1.82, 2.24) is 4.98 Å². The van der Waals surface area contributed by atoms with Crippen molar-refractivity contribution in [2.24, 2.45) is 0 Å². The van der Waals surface area contributed by atoms with E-state index in [4.69, 9.17) is 0 Å². The van der Waals surface area contributed by atoms with Crippen LogP contribution in [0.5, 0.6) is 0 Å². The van der Waals surface area contributed by atoms with Crippen LogP contribution in [0.3, 0.4) is 0 Å². The zero-order valence-electron chi connectivity index (χ0n) is 10.7. The molecule has 0 radical (unpaired) electrons. The molecule has 0 amide bonds. The molecule has 0 saturated heterocycles. The summed E-state index contributed by atoms with van der Waals surface area (Å²) in [7, 11) is 3.84. The molecule has 0 fully saturated rings. The predicted octanol–water partition coefficient (Wildman–Crippen LogP) is 2.73. The molecule has 0 aliphatic heterocycles. The highest BCUT2D eigenvalue weighted by atomic mass is 32.1. The van der Waals surface area contributed by atoms with Gasteiger partial charge in [0.05, 0.1) is 10.6 Å². The van der Waals surface area contributed by atoms with Crippen molar-refractivity contribution in [3.8, 4) is 0 Å². The van der Waals surface area contributed by atoms with E-state index >= 15 is 0 Å². The van der Waals surface area contributed by atoms with E-state index in [-0.39, 0.29) is 9.92 Å². The van der Waals surface area contributed by atoms with Gasteiger partial charge in [-0.05, 0) is 17.7 Å². The van der Waals surface area contributed by atoms with Crippen molar-refractivity contribution in [1.29, 1.82) is 0 Å². The Balaban J connectivity index is 2.08. The van der Waals surface area contributed by atoms with Gasteiger partial charge in [0, 0.05) is 38.3 Å². The normalized spacial score (nSPS) is 10.2. The average Bonchev–Trinajstić information content (AvgIpc) is 2.85. The van der Waals surface area contributed by atoms with Crippen LogP contribution < -0.4 is 10.2 Å². The number of thiophene rings is 1. The molecule has 0 saturated carbocycles. The summed E-state index contributed by atoms with van der Waals surface area (Å²) in [6.07, 6.45) is 1.73. The quantitative estimate of drug-likeness (QED) is 0.672. The van der Waals surface area contributed by atoms with Crippen LogP contribution in [0.4, 0.5) is 16.5 Å². The van der Waals surface area contributed by atoms with E-state index in [1.54, 1.807) is 17.6 Å². The van der Waals surface area contributed by atoms with Gasteiger partial charge in [0.1, 0.15) is 0 Å². The predicted molar refractivity (Wildman–Crippen MR) is 76.9 cm³/mol. The second kappa shape index (κ2) is 5.66. The first-order valence-corrected chi connectivity index (χ1v) is 6.54. The van der Waals surface area contributed by atoms with Gasteiger partial charge in [0.15, 0.2) is 5.82 Å². The minimum absolute atomic E-state index is 0.163. The zero-order valence-corrected chi connectivity index (χ0v) is 11.5. The number of rotatable bonds is 5. The SMILES string of the molecule is CN(C)c1ncccc1NCc1csc([N+](=O)[O-])c1. The van der Waals surface area contributed by atoms with E-state index in [2.05, 4.69) is 10.3 Å². The molecule has 2 heterocycles. The number of hydrogen-bond donors (Lipinski definition) is 1. The number of anilines is 2. The molecule has 7 heteroatoms. The van der Waals surface area contributed by atoms with Gasteiger partial charge in [-0.2, -0.15) is 0 Å². The number of pyridine rings is 1. The third kappa shape index (κ3) is 3.19. The summed E-state index contributed by atoms with van der Waals surface area (Å²) in [6, 6.07) is 5.37. The molecular formula is C12H14N4O2S. The molecule has 0 aliphatic rings. The van der Waals surface area contributed by atoms with E-state index in [9.17, 15) is 10.1 Å². The summed E-state index contributed by atoms with van der Waals surface area (Å²) in [4.78, 5) is 16.4. The third-order valence-corrected chi connectivity index (χ3v) is 3.44. The van der Waals surface area contributed by atoms with Crippen molar-refractivity contribution in [3.05, 3.63) is 45.5 Å². The maximum atomic E-state index is 10.6. The fraction of sp³-hybridized carbons (Fsp3) is 0.250. The smallest absolute Gasteiger partial charge is 0.324 e. The molecule has 6 nitrogen and oxygen atoms in total. The van der Waals surface area contributed by atoms with Crippen LogP contribution in [0.1, 0.15) is 5.56 Å². The van der Waals surface area contributed by atoms with Gasteiger partial charge in [-0.3, -0.25) is 10.1 Å². The van der Waals surface area contributed by atoms with Crippen LogP contribution in [0.2, 0.25) is 0 Å². The van der Waals surface area contributed by atoms with E-state index in [0.29, 0.717) is 6.54 Å². The molecule has 19 heavy (non-hydrogen) atoms. The number of aromatic nitrogens is 1. The van der Waals surface area contributed by atoms with Crippen LogP contribution in [-0.2, 0) is 6.54 Å². The Kier molecular flexibility index (Phi) is 3.96. The van der Waals surface area contributed by atoms with E-state index in [1.807, 2.05) is 31.1 Å². The first kappa shape index (κ1) is 13.3. The highest BCUT2D eigenvalue weighted by molar-refractivity contribution is 7.13. The summed E-state index contributed by atoms with van der Waals surface area (Å²) >= 11 is 1.14. The molecular weight excluding hydrogens is 264 g/mol. The summed E-state index contributed by atoms with van der Waals surface area (Å²) in [5.74, 6) is 0.840. The van der Waals surface area contributed by atoms with Crippen LogP contribution in [-0.4, -0.2) is 24.0 Å². The van der Waals surface area contributed by atoms with Crippen LogP contribution in [0.25, 0.3) is 0 Å². The largest absolute Gasteiger partial charge is 0.378 e. The molecule has 2 rings (SSSR count). The van der Waals surface area contributed by atoms with E-state index in [1.165, 1.54) is 0 Å². The van der Waals surface area contributed by atoms with Gasteiger partial charge in [0.2, 0.25) is 0 Å². The molecule has 0 unspecified atom stereocenters. The first-order valence-electron chi connectivity index (χ1n) is 5.66. The number of nitro groups is 1. The minimum Gasteiger partial charge on any atom is -0.378 e. The van der Waals surface area contributed by atoms with Crippen LogP contribution >= 0.6 is 11.3 Å². The molecule has 0 bridgehead atoms. The van der Waals surface area contributed by atoms with Gasteiger partial charge >= 0.3 is 5.00 Å². The standard InChI is InChI=1S/C12H14N4O2S/c1-15(2)12-10(4-3-5-13-12)14-7-9-6-11(16(17)18)19-8-9/h3-6,8,14H,7H2,1-2H3. The maximum Gasteiger partial charge on any atom is 0.324 e. The topological polar surface area (TPSA) is 71.3 Å². The van der Waals surface area contributed by atoms with Gasteiger partial charge in [-0.25, -0.2) is 4.98 Å². The Morgan fingerprint density at radius 3 is 2.95 bits per heavy atom. The first-order chi connectivity index (χ1) is 9.08. The molecule has 1 N–H and O–H groups in total. The second-order valence-corrected chi connectivity index (χ2v) is 5.06. The van der Waals surface area contributed by atoms with E-state index in [0.717, 1.165) is 28.4 Å². The lowest BCUT2D eigenvalue weighted by Crippen LogP contribution is -2.13. The average molecular weight is 278 g/mol. The fourth-order valence-electron chi connectivity index (χ4n) is 1.64. The summed E-state index contributed by atoms with van der Waals surface area (Å²) in [6.45, 7) is 0.539. The van der Waals surface area contributed by atoms with E-state index < -0.39 is 0 Å². The Bertz CT molecular complexity index is 583. The number of nitrogens with zero attached hydrogens (tertiary/aromatic N) is 3. The van der Waals surface area contributed by atoms with Crippen molar-refractivity contribution < 1.29 is 4.92 Å². The fourth-order valence-corrected chi connectivity index (χ4v) is 2.37. The lowest BCUT2D eigenvalue weighted by molar-refractivity contribution is -0.380. The summed E-state index contributed by atoms with van der Waals surface area (Å²) in [5.41, 5.74) is 1.80. The maximum absolute atomic E-state index is 10.6. The summed E-state index contributed by atoms with van der Waals surface area (Å²) < 4.78 is 0. The molecule has 2 aromatic heterocycles. The van der Waals surface area contributed by atoms with Gasteiger partial charge < -0.3 is 10.2 Å². The monoisotopic (exact) mass is 278 g/mol. The highest BCUT2D eigenvalue weighted by Crippen LogP contribution is 2.25. The highest BCUT2D eigenvalue weighted by Gasteiger charge is 2.10. The Labute approximate surface area is 114 Å². The van der Waals surface area contributed by atoms with Crippen molar-refractivity contribution in [2.75, 3.05) is 24.3 Å². The zero-order chi connectivity index (χ0) is 13.8. The Morgan fingerprint density at radius 2 is 2.32 bits per heavy atom.